The number of furan rings is 1. The molecule has 25 heavy (non-hydrogen) atoms. The third-order valence-electron chi connectivity index (χ3n) is 4.28. The van der Waals surface area contributed by atoms with Crippen LogP contribution in [0.4, 0.5) is 0 Å². The summed E-state index contributed by atoms with van der Waals surface area (Å²) in [6.07, 6.45) is 4.88. The molecule has 0 bridgehead atoms. The molecule has 0 aromatic carbocycles. The maximum absolute atomic E-state index is 5.39. The predicted octanol–water partition coefficient (Wildman–Crippen LogP) is 3.05. The maximum atomic E-state index is 5.39. The van der Waals surface area contributed by atoms with Crippen LogP contribution in [0.2, 0.25) is 0 Å². The molecule has 0 aliphatic carbocycles. The summed E-state index contributed by atoms with van der Waals surface area (Å²) in [5, 5.41) is 7.08. The fourth-order valence-corrected chi connectivity index (χ4v) is 3.00. The Bertz CT molecular complexity index is 528. The molecule has 0 atom stereocenters. The number of rotatable bonds is 8. The van der Waals surface area contributed by atoms with Gasteiger partial charge < -0.3 is 15.1 Å². The summed E-state index contributed by atoms with van der Waals surface area (Å²) in [5.41, 5.74) is 1.24. The number of nitrogens with one attached hydrogen (secondary N) is 2. The van der Waals surface area contributed by atoms with Crippen molar-refractivity contribution in [3.8, 4) is 0 Å². The Kier molecular flexibility index (Phi) is 8.06. The lowest BCUT2D eigenvalue weighted by Crippen LogP contribution is -2.49. The SMILES string of the molecule is C=C(C)CN1CCC(NC(=NCC(C)C)NCCc2ccco2)CC1. The van der Waals surface area contributed by atoms with E-state index >= 15 is 0 Å². The van der Waals surface area contributed by atoms with Crippen LogP contribution >= 0.6 is 0 Å². The van der Waals surface area contributed by atoms with Gasteiger partial charge in [-0.05, 0) is 37.8 Å². The summed E-state index contributed by atoms with van der Waals surface area (Å²) in [6, 6.07) is 4.43. The van der Waals surface area contributed by atoms with Gasteiger partial charge in [-0.15, -0.1) is 0 Å². The zero-order valence-electron chi connectivity index (χ0n) is 16.1. The van der Waals surface area contributed by atoms with Crippen LogP contribution < -0.4 is 10.6 Å². The molecule has 0 radical (unpaired) electrons. The number of aliphatic imine (C=N–C) groups is 1. The van der Waals surface area contributed by atoms with Gasteiger partial charge in [0, 0.05) is 45.2 Å². The Morgan fingerprint density at radius 3 is 2.76 bits per heavy atom. The maximum Gasteiger partial charge on any atom is 0.191 e. The molecule has 1 aromatic heterocycles. The largest absolute Gasteiger partial charge is 0.469 e. The molecule has 2 N–H and O–H groups in total. The van der Waals surface area contributed by atoms with Gasteiger partial charge in [-0.1, -0.05) is 26.0 Å². The monoisotopic (exact) mass is 346 g/mol. The summed E-state index contributed by atoms with van der Waals surface area (Å²) in [4.78, 5) is 7.22. The summed E-state index contributed by atoms with van der Waals surface area (Å²) in [6.45, 7) is 15.4. The van der Waals surface area contributed by atoms with E-state index in [1.54, 1.807) is 6.26 Å². The highest BCUT2D eigenvalue weighted by Crippen LogP contribution is 2.11. The Morgan fingerprint density at radius 1 is 1.40 bits per heavy atom. The summed E-state index contributed by atoms with van der Waals surface area (Å²) < 4.78 is 5.39. The average Bonchev–Trinajstić information content (AvgIpc) is 3.07. The van der Waals surface area contributed by atoms with Gasteiger partial charge in [-0.2, -0.15) is 0 Å². The average molecular weight is 347 g/mol. The van der Waals surface area contributed by atoms with Crippen LogP contribution in [0.15, 0.2) is 40.0 Å². The zero-order valence-corrected chi connectivity index (χ0v) is 16.1. The van der Waals surface area contributed by atoms with Gasteiger partial charge in [0.15, 0.2) is 5.96 Å². The van der Waals surface area contributed by atoms with E-state index in [0.29, 0.717) is 12.0 Å². The van der Waals surface area contributed by atoms with Crippen molar-refractivity contribution in [1.82, 2.24) is 15.5 Å². The quantitative estimate of drug-likeness (QED) is 0.431. The Hall–Kier alpha value is -1.75. The molecule has 1 aliphatic rings. The number of hydrogen-bond donors (Lipinski definition) is 2. The molecule has 140 valence electrons. The van der Waals surface area contributed by atoms with Gasteiger partial charge in [0.25, 0.3) is 0 Å². The molecule has 0 unspecified atom stereocenters. The minimum absolute atomic E-state index is 0.489. The molecular weight excluding hydrogens is 312 g/mol. The minimum atomic E-state index is 0.489. The number of guanidine groups is 1. The van der Waals surface area contributed by atoms with Gasteiger partial charge in [-0.3, -0.25) is 9.89 Å². The standard InChI is InChI=1S/C20H34N4O/c1-16(2)14-22-20(21-10-7-19-6-5-13-25-19)23-18-8-11-24(12-9-18)15-17(3)4/h5-6,13,16,18H,3,7-12,14-15H2,1-2,4H3,(H2,21,22,23). The smallest absolute Gasteiger partial charge is 0.191 e. The predicted molar refractivity (Wildman–Crippen MR) is 105 cm³/mol. The fraction of sp³-hybridized carbons (Fsp3) is 0.650. The normalized spacial score (nSPS) is 17.0. The lowest BCUT2D eigenvalue weighted by atomic mass is 10.0. The van der Waals surface area contributed by atoms with E-state index < -0.39 is 0 Å². The van der Waals surface area contributed by atoms with Crippen molar-refractivity contribution in [3.63, 3.8) is 0 Å². The molecule has 1 aromatic rings. The number of hydrogen-bond acceptors (Lipinski definition) is 3. The molecule has 1 saturated heterocycles. The molecule has 2 rings (SSSR count). The molecule has 0 spiro atoms. The van der Waals surface area contributed by atoms with Crippen LogP contribution in [0.3, 0.4) is 0 Å². The molecular formula is C20H34N4O. The second-order valence-corrected chi connectivity index (χ2v) is 7.49. The first kappa shape index (κ1) is 19.6. The highest BCUT2D eigenvalue weighted by atomic mass is 16.3. The van der Waals surface area contributed by atoms with E-state index in [4.69, 9.17) is 9.41 Å². The van der Waals surface area contributed by atoms with E-state index in [0.717, 1.165) is 63.7 Å². The van der Waals surface area contributed by atoms with Crippen LogP contribution in [0, 0.1) is 5.92 Å². The second-order valence-electron chi connectivity index (χ2n) is 7.49. The first-order valence-electron chi connectivity index (χ1n) is 9.47. The topological polar surface area (TPSA) is 52.8 Å². The van der Waals surface area contributed by atoms with Crippen molar-refractivity contribution >= 4 is 5.96 Å². The molecule has 5 heteroatoms. The van der Waals surface area contributed by atoms with E-state index in [-0.39, 0.29) is 0 Å². The summed E-state index contributed by atoms with van der Waals surface area (Å²) in [5.74, 6) is 2.49. The molecule has 1 aliphatic heterocycles. The molecule has 5 nitrogen and oxygen atoms in total. The van der Waals surface area contributed by atoms with Gasteiger partial charge in [0.1, 0.15) is 5.76 Å². The molecule has 0 amide bonds. The van der Waals surface area contributed by atoms with Gasteiger partial charge in [0.2, 0.25) is 0 Å². The number of nitrogens with zero attached hydrogens (tertiary/aromatic N) is 2. The van der Waals surface area contributed by atoms with E-state index in [1.165, 1.54) is 5.57 Å². The number of piperidine rings is 1. The van der Waals surface area contributed by atoms with Crippen LogP contribution in [0.5, 0.6) is 0 Å². The van der Waals surface area contributed by atoms with Crippen molar-refractivity contribution in [2.45, 2.75) is 46.1 Å². The summed E-state index contributed by atoms with van der Waals surface area (Å²) in [7, 11) is 0. The lowest BCUT2D eigenvalue weighted by molar-refractivity contribution is 0.221. The highest BCUT2D eigenvalue weighted by Gasteiger charge is 2.19. The Morgan fingerprint density at radius 2 is 2.16 bits per heavy atom. The molecule has 0 saturated carbocycles. The Labute approximate surface area is 152 Å². The first-order chi connectivity index (χ1) is 12.0. The van der Waals surface area contributed by atoms with Crippen molar-refractivity contribution in [1.29, 1.82) is 0 Å². The second kappa shape index (κ2) is 10.3. The summed E-state index contributed by atoms with van der Waals surface area (Å²) >= 11 is 0. The van der Waals surface area contributed by atoms with Crippen molar-refractivity contribution in [2.24, 2.45) is 10.9 Å². The van der Waals surface area contributed by atoms with E-state index in [9.17, 15) is 0 Å². The van der Waals surface area contributed by atoms with Crippen LogP contribution in [-0.4, -0.2) is 49.6 Å². The first-order valence-corrected chi connectivity index (χ1v) is 9.47. The number of likely N-dealkylation sites (tertiary alicyclic amines) is 1. The third-order valence-corrected chi connectivity index (χ3v) is 4.28. The van der Waals surface area contributed by atoms with Crippen LogP contribution in [-0.2, 0) is 6.42 Å². The zero-order chi connectivity index (χ0) is 18.1. The van der Waals surface area contributed by atoms with E-state index in [2.05, 4.69) is 42.9 Å². The van der Waals surface area contributed by atoms with Crippen molar-refractivity contribution in [2.75, 3.05) is 32.7 Å². The van der Waals surface area contributed by atoms with Crippen LogP contribution in [0.1, 0.15) is 39.4 Å². The molecule has 2 heterocycles. The van der Waals surface area contributed by atoms with Crippen LogP contribution in [0.25, 0.3) is 0 Å². The van der Waals surface area contributed by atoms with Gasteiger partial charge >= 0.3 is 0 Å². The van der Waals surface area contributed by atoms with Gasteiger partial charge in [-0.25, -0.2) is 0 Å². The third kappa shape index (κ3) is 7.78. The van der Waals surface area contributed by atoms with E-state index in [1.807, 2.05) is 12.1 Å². The fourth-order valence-electron chi connectivity index (χ4n) is 3.00. The Balaban J connectivity index is 1.79. The molecule has 1 fully saturated rings. The van der Waals surface area contributed by atoms with Gasteiger partial charge in [0.05, 0.1) is 6.26 Å². The van der Waals surface area contributed by atoms with Crippen molar-refractivity contribution < 1.29 is 4.42 Å². The lowest BCUT2D eigenvalue weighted by Gasteiger charge is -2.33. The van der Waals surface area contributed by atoms with Crippen molar-refractivity contribution in [3.05, 3.63) is 36.3 Å². The highest BCUT2D eigenvalue weighted by molar-refractivity contribution is 5.80. The minimum Gasteiger partial charge on any atom is -0.469 e.